The first-order chi connectivity index (χ1) is 15.2. The minimum absolute atomic E-state index is 0.0720. The fourth-order valence-corrected chi connectivity index (χ4v) is 4.43. The summed E-state index contributed by atoms with van der Waals surface area (Å²) in [6.45, 7) is 2.31. The fraction of sp³-hybridized carbons (Fsp3) is 0.364. The van der Waals surface area contributed by atoms with Crippen LogP contribution in [0.5, 0.6) is 5.75 Å². The molecule has 170 valence electrons. The van der Waals surface area contributed by atoms with Crippen LogP contribution in [0.3, 0.4) is 0 Å². The summed E-state index contributed by atoms with van der Waals surface area (Å²) in [6.07, 6.45) is -4.76. The SMILES string of the molecule is COc1ccccc1N1CCN([C@@H]2CC(=O)N(c3ccc(Cl)c(C(F)(F)F)c3)C2=O)CC1. The summed E-state index contributed by atoms with van der Waals surface area (Å²) in [5, 5.41) is -0.482. The summed E-state index contributed by atoms with van der Waals surface area (Å²) in [5.41, 5.74) is -0.246. The zero-order valence-electron chi connectivity index (χ0n) is 17.2. The van der Waals surface area contributed by atoms with Gasteiger partial charge in [0.1, 0.15) is 5.75 Å². The second-order valence-electron chi connectivity index (χ2n) is 7.64. The van der Waals surface area contributed by atoms with Crippen LogP contribution >= 0.6 is 11.6 Å². The van der Waals surface area contributed by atoms with E-state index in [0.717, 1.165) is 28.5 Å². The second-order valence-corrected chi connectivity index (χ2v) is 8.05. The van der Waals surface area contributed by atoms with E-state index < -0.39 is 34.6 Å². The lowest BCUT2D eigenvalue weighted by Crippen LogP contribution is -2.52. The predicted molar refractivity (Wildman–Crippen MR) is 114 cm³/mol. The van der Waals surface area contributed by atoms with Crippen molar-refractivity contribution in [2.75, 3.05) is 43.1 Å². The lowest BCUT2D eigenvalue weighted by atomic mass is 10.1. The minimum Gasteiger partial charge on any atom is -0.495 e. The molecule has 0 unspecified atom stereocenters. The zero-order valence-corrected chi connectivity index (χ0v) is 18.0. The van der Waals surface area contributed by atoms with E-state index >= 15 is 0 Å². The van der Waals surface area contributed by atoms with E-state index in [1.807, 2.05) is 29.2 Å². The Morgan fingerprint density at radius 3 is 2.38 bits per heavy atom. The van der Waals surface area contributed by atoms with Crippen LogP contribution in [0.2, 0.25) is 5.02 Å². The summed E-state index contributed by atoms with van der Waals surface area (Å²) >= 11 is 5.67. The van der Waals surface area contributed by atoms with Crippen molar-refractivity contribution in [1.82, 2.24) is 4.90 Å². The van der Waals surface area contributed by atoms with E-state index in [4.69, 9.17) is 16.3 Å². The predicted octanol–water partition coefficient (Wildman–Crippen LogP) is 3.82. The number of halogens is 4. The molecule has 0 aliphatic carbocycles. The Labute approximate surface area is 188 Å². The molecule has 1 atom stereocenters. The number of hydrogen-bond acceptors (Lipinski definition) is 5. The smallest absolute Gasteiger partial charge is 0.417 e. The van der Waals surface area contributed by atoms with E-state index in [2.05, 4.69) is 4.90 Å². The molecular formula is C22H21ClF3N3O3. The monoisotopic (exact) mass is 467 g/mol. The number of rotatable bonds is 4. The van der Waals surface area contributed by atoms with Gasteiger partial charge < -0.3 is 9.64 Å². The van der Waals surface area contributed by atoms with E-state index in [-0.39, 0.29) is 12.1 Å². The molecule has 0 radical (unpaired) electrons. The highest BCUT2D eigenvalue weighted by Gasteiger charge is 2.44. The van der Waals surface area contributed by atoms with Crippen molar-refractivity contribution in [2.24, 2.45) is 0 Å². The number of carbonyl (C=O) groups excluding carboxylic acids is 2. The van der Waals surface area contributed by atoms with Crippen molar-refractivity contribution in [3.63, 3.8) is 0 Å². The van der Waals surface area contributed by atoms with Gasteiger partial charge in [0.05, 0.1) is 41.5 Å². The van der Waals surface area contributed by atoms with Crippen LogP contribution in [0.4, 0.5) is 24.5 Å². The highest BCUT2D eigenvalue weighted by molar-refractivity contribution is 6.31. The van der Waals surface area contributed by atoms with Crippen molar-refractivity contribution in [3.05, 3.63) is 53.1 Å². The first kappa shape index (κ1) is 22.4. The van der Waals surface area contributed by atoms with Crippen LogP contribution in [0.1, 0.15) is 12.0 Å². The first-order valence-electron chi connectivity index (χ1n) is 10.1. The average Bonchev–Trinajstić information content (AvgIpc) is 3.07. The maximum Gasteiger partial charge on any atom is 0.417 e. The zero-order chi connectivity index (χ0) is 23.0. The van der Waals surface area contributed by atoms with Crippen LogP contribution < -0.4 is 14.5 Å². The third-order valence-electron chi connectivity index (χ3n) is 5.82. The van der Waals surface area contributed by atoms with Gasteiger partial charge in [0, 0.05) is 26.2 Å². The lowest BCUT2D eigenvalue weighted by molar-refractivity contribution is -0.137. The van der Waals surface area contributed by atoms with E-state index in [9.17, 15) is 22.8 Å². The molecule has 2 aromatic carbocycles. The molecule has 2 aliphatic rings. The molecule has 10 heteroatoms. The van der Waals surface area contributed by atoms with Gasteiger partial charge in [0.15, 0.2) is 0 Å². The molecule has 32 heavy (non-hydrogen) atoms. The second kappa shape index (κ2) is 8.63. The number of piperazine rings is 1. The Hall–Kier alpha value is -2.78. The average molecular weight is 468 g/mol. The number of hydrogen-bond donors (Lipinski definition) is 0. The van der Waals surface area contributed by atoms with Gasteiger partial charge in [-0.3, -0.25) is 14.5 Å². The summed E-state index contributed by atoms with van der Waals surface area (Å²) in [6, 6.07) is 10.0. The van der Waals surface area contributed by atoms with Crippen LogP contribution in [0.25, 0.3) is 0 Å². The Balaban J connectivity index is 1.49. The molecular weight excluding hydrogens is 447 g/mol. The molecule has 0 spiro atoms. The van der Waals surface area contributed by atoms with Crippen LogP contribution in [-0.2, 0) is 15.8 Å². The maximum absolute atomic E-state index is 13.2. The van der Waals surface area contributed by atoms with Crippen molar-refractivity contribution in [3.8, 4) is 5.75 Å². The highest BCUT2D eigenvalue weighted by Crippen LogP contribution is 2.38. The Bertz CT molecular complexity index is 1040. The molecule has 2 heterocycles. The van der Waals surface area contributed by atoms with Gasteiger partial charge >= 0.3 is 6.18 Å². The number of nitrogens with zero attached hydrogens (tertiary/aromatic N) is 3. The van der Waals surface area contributed by atoms with Gasteiger partial charge in [0.2, 0.25) is 5.91 Å². The summed E-state index contributed by atoms with van der Waals surface area (Å²) in [5.74, 6) is -0.291. The summed E-state index contributed by atoms with van der Waals surface area (Å²) in [4.78, 5) is 30.5. The molecule has 2 amide bonds. The number of anilines is 2. The Kier molecular flexibility index (Phi) is 6.05. The molecule has 2 fully saturated rings. The number of imide groups is 1. The van der Waals surface area contributed by atoms with Gasteiger partial charge in [-0.05, 0) is 30.3 Å². The molecule has 0 N–H and O–H groups in total. The van der Waals surface area contributed by atoms with Gasteiger partial charge in [-0.2, -0.15) is 13.2 Å². The molecule has 6 nitrogen and oxygen atoms in total. The van der Waals surface area contributed by atoms with E-state index in [1.54, 1.807) is 7.11 Å². The largest absolute Gasteiger partial charge is 0.495 e. The van der Waals surface area contributed by atoms with Crippen molar-refractivity contribution < 1.29 is 27.5 Å². The standard InChI is InChI=1S/C22H21ClF3N3O3/c1-32-19-5-3-2-4-17(19)27-8-10-28(11-9-27)18-13-20(30)29(21(18)31)14-6-7-16(23)15(12-14)22(24,25)26/h2-7,12,18H,8-11,13H2,1H3/t18-/m1/s1. The number of amides is 2. The molecule has 2 saturated heterocycles. The fourth-order valence-electron chi connectivity index (χ4n) is 4.21. The molecule has 2 aromatic rings. The normalized spacial score (nSPS) is 20.2. The van der Waals surface area contributed by atoms with Crippen molar-refractivity contribution in [1.29, 1.82) is 0 Å². The Morgan fingerprint density at radius 2 is 1.72 bits per heavy atom. The Morgan fingerprint density at radius 1 is 1.03 bits per heavy atom. The van der Waals surface area contributed by atoms with Gasteiger partial charge in [-0.25, -0.2) is 4.90 Å². The topological polar surface area (TPSA) is 53.1 Å². The number of methoxy groups -OCH3 is 1. The van der Waals surface area contributed by atoms with Gasteiger partial charge in [-0.1, -0.05) is 23.7 Å². The third kappa shape index (κ3) is 4.14. The van der Waals surface area contributed by atoms with E-state index in [0.29, 0.717) is 26.2 Å². The summed E-state index contributed by atoms with van der Waals surface area (Å²) in [7, 11) is 1.60. The highest BCUT2D eigenvalue weighted by atomic mass is 35.5. The van der Waals surface area contributed by atoms with Gasteiger partial charge in [-0.15, -0.1) is 0 Å². The number of para-hydroxylation sites is 2. The number of carbonyl (C=O) groups is 2. The molecule has 0 aromatic heterocycles. The number of ether oxygens (including phenoxy) is 1. The first-order valence-corrected chi connectivity index (χ1v) is 10.4. The number of benzene rings is 2. The molecule has 4 rings (SSSR count). The van der Waals surface area contributed by atoms with Crippen molar-refractivity contribution in [2.45, 2.75) is 18.6 Å². The van der Waals surface area contributed by atoms with Crippen LogP contribution in [0.15, 0.2) is 42.5 Å². The minimum atomic E-state index is -4.69. The molecule has 0 bridgehead atoms. The third-order valence-corrected chi connectivity index (χ3v) is 6.15. The molecule has 2 aliphatic heterocycles. The molecule has 0 saturated carbocycles. The van der Waals surface area contributed by atoms with E-state index in [1.165, 1.54) is 6.07 Å². The van der Waals surface area contributed by atoms with Crippen LogP contribution in [0, 0.1) is 0 Å². The van der Waals surface area contributed by atoms with Gasteiger partial charge in [0.25, 0.3) is 5.91 Å². The van der Waals surface area contributed by atoms with Crippen molar-refractivity contribution >= 4 is 34.8 Å². The lowest BCUT2D eigenvalue weighted by Gasteiger charge is -2.38. The maximum atomic E-state index is 13.2. The summed E-state index contributed by atoms with van der Waals surface area (Å²) < 4.78 is 45.1. The number of alkyl halides is 3. The van der Waals surface area contributed by atoms with Crippen LogP contribution in [-0.4, -0.2) is 56.0 Å². The quantitative estimate of drug-likeness (QED) is 0.640.